The van der Waals surface area contributed by atoms with Gasteiger partial charge >= 0.3 is 0 Å². The Morgan fingerprint density at radius 3 is 2.60 bits per heavy atom. The van der Waals surface area contributed by atoms with E-state index in [9.17, 15) is 4.79 Å². The molecule has 110 valence electrons. The van der Waals surface area contributed by atoms with Gasteiger partial charge in [-0.25, -0.2) is 0 Å². The third kappa shape index (κ3) is 4.16. The smallest absolute Gasteiger partial charge is 0.260 e. The fraction of sp³-hybridized carbons (Fsp3) is 0.462. The molecule has 1 heterocycles. The van der Waals surface area contributed by atoms with Crippen molar-refractivity contribution in [3.8, 4) is 5.75 Å². The summed E-state index contributed by atoms with van der Waals surface area (Å²) in [5.74, 6) is 0.217. The van der Waals surface area contributed by atoms with Gasteiger partial charge in [0.25, 0.3) is 5.91 Å². The van der Waals surface area contributed by atoms with E-state index in [1.54, 1.807) is 4.90 Å². The molecule has 4 nitrogen and oxygen atoms in total. The van der Waals surface area contributed by atoms with Crippen LogP contribution in [0.4, 0.5) is 0 Å². The summed E-state index contributed by atoms with van der Waals surface area (Å²) in [7, 11) is 0. The topological polar surface area (TPSA) is 41.6 Å². The molecule has 1 amide bonds. The number of halogens is 3. The van der Waals surface area contributed by atoms with E-state index in [2.05, 4.69) is 5.32 Å². The van der Waals surface area contributed by atoms with Crippen LogP contribution in [-0.4, -0.2) is 43.6 Å². The van der Waals surface area contributed by atoms with E-state index in [0.29, 0.717) is 27.4 Å². The Labute approximate surface area is 132 Å². The highest BCUT2D eigenvalue weighted by atomic mass is 35.5. The van der Waals surface area contributed by atoms with Gasteiger partial charge < -0.3 is 15.0 Å². The van der Waals surface area contributed by atoms with Crippen LogP contribution in [0.25, 0.3) is 0 Å². The predicted octanol–water partition coefficient (Wildman–Crippen LogP) is 2.85. The van der Waals surface area contributed by atoms with E-state index in [1.807, 2.05) is 0 Å². The second-order valence-corrected chi connectivity index (χ2v) is 5.72. The highest BCUT2D eigenvalue weighted by Gasteiger charge is 2.17. The van der Waals surface area contributed by atoms with Crippen molar-refractivity contribution in [3.63, 3.8) is 0 Å². The van der Waals surface area contributed by atoms with Crippen molar-refractivity contribution < 1.29 is 9.53 Å². The zero-order valence-electron chi connectivity index (χ0n) is 10.8. The molecular formula is C13H15Cl3N2O2. The molecule has 0 radical (unpaired) electrons. The summed E-state index contributed by atoms with van der Waals surface area (Å²) < 4.78 is 5.44. The maximum Gasteiger partial charge on any atom is 0.260 e. The fourth-order valence-corrected chi connectivity index (χ4v) is 2.91. The van der Waals surface area contributed by atoms with Crippen molar-refractivity contribution >= 4 is 40.7 Å². The quantitative estimate of drug-likeness (QED) is 0.922. The lowest BCUT2D eigenvalue weighted by Crippen LogP contribution is -2.37. The van der Waals surface area contributed by atoms with Gasteiger partial charge in [-0.1, -0.05) is 34.8 Å². The molecule has 7 heteroatoms. The van der Waals surface area contributed by atoms with Crippen LogP contribution in [-0.2, 0) is 4.79 Å². The van der Waals surface area contributed by atoms with Crippen LogP contribution in [0.2, 0.25) is 15.1 Å². The van der Waals surface area contributed by atoms with Crippen LogP contribution in [0, 0.1) is 0 Å². The predicted molar refractivity (Wildman–Crippen MR) is 81.0 cm³/mol. The van der Waals surface area contributed by atoms with Crippen molar-refractivity contribution in [1.82, 2.24) is 10.2 Å². The van der Waals surface area contributed by atoms with E-state index in [1.165, 1.54) is 12.1 Å². The summed E-state index contributed by atoms with van der Waals surface area (Å²) in [5.41, 5.74) is 0. The first-order valence-corrected chi connectivity index (χ1v) is 7.47. The maximum atomic E-state index is 12.1. The minimum atomic E-state index is -0.0823. The fourth-order valence-electron chi connectivity index (χ4n) is 1.99. The van der Waals surface area contributed by atoms with Crippen LogP contribution in [0.1, 0.15) is 6.42 Å². The number of benzene rings is 1. The van der Waals surface area contributed by atoms with Crippen molar-refractivity contribution in [2.75, 3.05) is 32.8 Å². The van der Waals surface area contributed by atoms with Gasteiger partial charge in [0.15, 0.2) is 12.4 Å². The summed E-state index contributed by atoms with van der Waals surface area (Å²) in [4.78, 5) is 13.9. The van der Waals surface area contributed by atoms with E-state index in [0.717, 1.165) is 26.1 Å². The van der Waals surface area contributed by atoms with Crippen molar-refractivity contribution in [1.29, 1.82) is 0 Å². The Hall–Kier alpha value is -0.680. The van der Waals surface area contributed by atoms with Crippen LogP contribution in [0.5, 0.6) is 5.75 Å². The molecule has 0 spiro atoms. The van der Waals surface area contributed by atoms with Gasteiger partial charge in [0.05, 0.1) is 10.0 Å². The summed E-state index contributed by atoms with van der Waals surface area (Å²) in [6.07, 6.45) is 0.939. The first-order chi connectivity index (χ1) is 9.58. The lowest BCUT2D eigenvalue weighted by atomic mass is 10.3. The van der Waals surface area contributed by atoms with Gasteiger partial charge in [0.2, 0.25) is 0 Å². The Kier molecular flexibility index (Phi) is 5.78. The Balaban J connectivity index is 1.96. The molecule has 0 atom stereocenters. The van der Waals surface area contributed by atoms with Crippen LogP contribution in [0.3, 0.4) is 0 Å². The third-order valence-corrected chi connectivity index (χ3v) is 3.78. The number of amides is 1. The summed E-state index contributed by atoms with van der Waals surface area (Å²) in [6.45, 7) is 3.07. The van der Waals surface area contributed by atoms with Crippen LogP contribution < -0.4 is 10.1 Å². The Bertz CT molecular complexity index is 465. The molecular weight excluding hydrogens is 323 g/mol. The number of ether oxygens (including phenoxy) is 1. The molecule has 20 heavy (non-hydrogen) atoms. The second-order valence-electron chi connectivity index (χ2n) is 4.47. The summed E-state index contributed by atoms with van der Waals surface area (Å²) in [5, 5.41) is 4.26. The number of carbonyl (C=O) groups excluding carboxylic acids is 1. The number of hydrogen-bond donors (Lipinski definition) is 1. The molecule has 1 fully saturated rings. The molecule has 0 unspecified atom stereocenters. The normalized spacial score (nSPS) is 15.8. The van der Waals surface area contributed by atoms with Gasteiger partial charge in [-0.15, -0.1) is 0 Å². The number of nitrogens with one attached hydrogen (secondary N) is 1. The molecule has 1 aromatic rings. The Morgan fingerprint density at radius 2 is 1.90 bits per heavy atom. The lowest BCUT2D eigenvalue weighted by molar-refractivity contribution is -0.133. The second kappa shape index (κ2) is 7.36. The SMILES string of the molecule is O=C(COc1c(Cl)cc(Cl)cc1Cl)N1CCCNCC1. The number of rotatable bonds is 3. The third-order valence-electron chi connectivity index (χ3n) is 3.00. The molecule has 0 aliphatic carbocycles. The van der Waals surface area contributed by atoms with E-state index < -0.39 is 0 Å². The molecule has 0 aromatic heterocycles. The first-order valence-electron chi connectivity index (χ1n) is 6.34. The van der Waals surface area contributed by atoms with Gasteiger partial charge in [-0.05, 0) is 25.1 Å². The number of nitrogens with zero attached hydrogens (tertiary/aromatic N) is 1. The van der Waals surface area contributed by atoms with Gasteiger partial charge in [0.1, 0.15) is 0 Å². The average molecular weight is 338 g/mol. The molecule has 1 saturated heterocycles. The maximum absolute atomic E-state index is 12.1. The van der Waals surface area contributed by atoms with Crippen molar-refractivity contribution in [2.24, 2.45) is 0 Å². The summed E-state index contributed by atoms with van der Waals surface area (Å²) >= 11 is 17.8. The molecule has 2 rings (SSSR count). The number of carbonyl (C=O) groups is 1. The van der Waals surface area contributed by atoms with E-state index >= 15 is 0 Å². The average Bonchev–Trinajstić information content (AvgIpc) is 2.66. The number of hydrogen-bond acceptors (Lipinski definition) is 3. The molecule has 1 aromatic carbocycles. The highest BCUT2D eigenvalue weighted by Crippen LogP contribution is 2.35. The van der Waals surface area contributed by atoms with Gasteiger partial charge in [0, 0.05) is 24.7 Å². The van der Waals surface area contributed by atoms with Crippen LogP contribution >= 0.6 is 34.8 Å². The summed E-state index contributed by atoms with van der Waals surface area (Å²) in [6, 6.07) is 3.06. The lowest BCUT2D eigenvalue weighted by Gasteiger charge is -2.20. The minimum Gasteiger partial charge on any atom is -0.481 e. The van der Waals surface area contributed by atoms with E-state index in [-0.39, 0.29) is 12.5 Å². The molecule has 0 saturated carbocycles. The van der Waals surface area contributed by atoms with Crippen molar-refractivity contribution in [2.45, 2.75) is 6.42 Å². The van der Waals surface area contributed by atoms with Crippen LogP contribution in [0.15, 0.2) is 12.1 Å². The molecule has 0 bridgehead atoms. The monoisotopic (exact) mass is 336 g/mol. The first kappa shape index (κ1) is 15.7. The van der Waals surface area contributed by atoms with Crippen molar-refractivity contribution in [3.05, 3.63) is 27.2 Å². The standard InChI is InChI=1S/C13H15Cl3N2O2/c14-9-6-10(15)13(11(16)7-9)20-8-12(19)18-4-1-2-17-3-5-18/h6-7,17H,1-5,8H2. The Morgan fingerprint density at radius 1 is 1.20 bits per heavy atom. The zero-order chi connectivity index (χ0) is 14.5. The van der Waals surface area contributed by atoms with E-state index in [4.69, 9.17) is 39.5 Å². The zero-order valence-corrected chi connectivity index (χ0v) is 13.1. The minimum absolute atomic E-state index is 0.0733. The molecule has 1 N–H and O–H groups in total. The molecule has 1 aliphatic rings. The largest absolute Gasteiger partial charge is 0.481 e. The van der Waals surface area contributed by atoms with Gasteiger partial charge in [-0.3, -0.25) is 4.79 Å². The van der Waals surface area contributed by atoms with Gasteiger partial charge in [-0.2, -0.15) is 0 Å². The highest BCUT2D eigenvalue weighted by molar-refractivity contribution is 6.40. The molecule has 1 aliphatic heterocycles.